The number of hydrogen-bond acceptors (Lipinski definition) is 4. The summed E-state index contributed by atoms with van der Waals surface area (Å²) in [5.41, 5.74) is 0.974. The Kier molecular flexibility index (Phi) is 6.01. The number of nitrogens with one attached hydrogen (secondary N) is 1. The Morgan fingerprint density at radius 3 is 2.74 bits per heavy atom. The van der Waals surface area contributed by atoms with Crippen molar-refractivity contribution in [1.29, 1.82) is 0 Å². The fourth-order valence-electron chi connectivity index (χ4n) is 2.52. The second-order valence-electron chi connectivity index (χ2n) is 5.64. The summed E-state index contributed by atoms with van der Waals surface area (Å²) in [6, 6.07) is 7.55. The van der Waals surface area contributed by atoms with Gasteiger partial charge in [0, 0.05) is 19.6 Å². The second-order valence-corrected chi connectivity index (χ2v) is 7.73. The van der Waals surface area contributed by atoms with Crippen LogP contribution in [-0.4, -0.2) is 50.1 Å². The van der Waals surface area contributed by atoms with Crippen molar-refractivity contribution in [2.75, 3.05) is 25.4 Å². The molecule has 128 valence electrons. The molecular weight excluding hydrogens is 316 g/mol. The first-order chi connectivity index (χ1) is 10.9. The number of nitrogens with zero attached hydrogens (tertiary/aromatic N) is 1. The van der Waals surface area contributed by atoms with Crippen LogP contribution < -0.4 is 10.1 Å². The molecule has 1 heterocycles. The molecule has 1 aliphatic heterocycles. The van der Waals surface area contributed by atoms with E-state index in [1.807, 2.05) is 38.1 Å². The van der Waals surface area contributed by atoms with Crippen molar-refractivity contribution in [1.82, 2.24) is 9.62 Å². The lowest BCUT2D eigenvalue weighted by Gasteiger charge is -2.20. The van der Waals surface area contributed by atoms with Crippen LogP contribution in [0.5, 0.6) is 5.75 Å². The van der Waals surface area contributed by atoms with Crippen molar-refractivity contribution in [2.45, 2.75) is 32.8 Å². The average molecular weight is 340 g/mol. The number of rotatable bonds is 7. The zero-order valence-corrected chi connectivity index (χ0v) is 14.4. The van der Waals surface area contributed by atoms with Gasteiger partial charge in [-0.1, -0.05) is 25.1 Å². The van der Waals surface area contributed by atoms with Crippen LogP contribution in [-0.2, 0) is 14.8 Å². The minimum atomic E-state index is -3.11. The SMILES string of the molecule is CCC(Oc1ccccc1C)C(=O)NCCN1CCCS1(=O)=O. The highest BCUT2D eigenvalue weighted by atomic mass is 32.2. The Morgan fingerprint density at radius 2 is 2.13 bits per heavy atom. The zero-order chi connectivity index (χ0) is 16.9. The van der Waals surface area contributed by atoms with Crippen LogP contribution in [0.25, 0.3) is 0 Å². The predicted octanol–water partition coefficient (Wildman–Crippen LogP) is 1.30. The fraction of sp³-hybridized carbons (Fsp3) is 0.562. The summed E-state index contributed by atoms with van der Waals surface area (Å²) in [5.74, 6) is 0.679. The normalized spacial score (nSPS) is 18.5. The van der Waals surface area contributed by atoms with Gasteiger partial charge < -0.3 is 10.1 Å². The minimum absolute atomic E-state index is 0.203. The first kappa shape index (κ1) is 17.7. The number of aryl methyl sites for hydroxylation is 1. The third kappa shape index (κ3) is 4.68. The summed E-state index contributed by atoms with van der Waals surface area (Å²) in [6.45, 7) is 4.96. The van der Waals surface area contributed by atoms with E-state index in [1.165, 1.54) is 4.31 Å². The van der Waals surface area contributed by atoms with Crippen LogP contribution in [0.1, 0.15) is 25.3 Å². The first-order valence-electron chi connectivity index (χ1n) is 7.92. The van der Waals surface area contributed by atoms with E-state index in [1.54, 1.807) is 0 Å². The van der Waals surface area contributed by atoms with Gasteiger partial charge in [0.05, 0.1) is 5.75 Å². The lowest BCUT2D eigenvalue weighted by Crippen LogP contribution is -2.42. The van der Waals surface area contributed by atoms with Crippen LogP contribution in [0, 0.1) is 6.92 Å². The molecule has 1 unspecified atom stereocenters. The van der Waals surface area contributed by atoms with Crippen molar-refractivity contribution in [2.24, 2.45) is 0 Å². The van der Waals surface area contributed by atoms with E-state index in [2.05, 4.69) is 5.32 Å². The first-order valence-corrected chi connectivity index (χ1v) is 9.53. The molecule has 6 nitrogen and oxygen atoms in total. The standard InChI is InChI=1S/C16H24N2O4S/c1-3-14(22-15-8-5-4-7-13(15)2)16(19)17-9-11-18-10-6-12-23(18,20)21/h4-5,7-8,14H,3,6,9-12H2,1-2H3,(H,17,19). The van der Waals surface area contributed by atoms with E-state index in [4.69, 9.17) is 4.74 Å². The van der Waals surface area contributed by atoms with Gasteiger partial charge in [0.1, 0.15) is 5.75 Å². The molecular formula is C16H24N2O4S. The highest BCUT2D eigenvalue weighted by Crippen LogP contribution is 2.19. The molecule has 0 aliphatic carbocycles. The molecule has 0 radical (unpaired) electrons. The molecule has 1 aliphatic rings. The van der Waals surface area contributed by atoms with Crippen LogP contribution >= 0.6 is 0 Å². The van der Waals surface area contributed by atoms with Crippen molar-refractivity contribution in [3.05, 3.63) is 29.8 Å². The lowest BCUT2D eigenvalue weighted by molar-refractivity contribution is -0.128. The van der Waals surface area contributed by atoms with Gasteiger partial charge in [-0.3, -0.25) is 4.79 Å². The monoisotopic (exact) mass is 340 g/mol. The van der Waals surface area contributed by atoms with Crippen LogP contribution in [0.15, 0.2) is 24.3 Å². The van der Waals surface area contributed by atoms with Gasteiger partial charge in [0.2, 0.25) is 10.0 Å². The maximum Gasteiger partial charge on any atom is 0.261 e. The largest absolute Gasteiger partial charge is 0.480 e. The quantitative estimate of drug-likeness (QED) is 0.812. The van der Waals surface area contributed by atoms with Gasteiger partial charge in [0.15, 0.2) is 6.10 Å². The molecule has 1 fully saturated rings. The van der Waals surface area contributed by atoms with Crippen LogP contribution in [0.2, 0.25) is 0 Å². The fourth-order valence-corrected chi connectivity index (χ4v) is 4.05. The highest BCUT2D eigenvalue weighted by Gasteiger charge is 2.28. The average Bonchev–Trinajstić information content (AvgIpc) is 2.85. The Morgan fingerprint density at radius 1 is 1.39 bits per heavy atom. The molecule has 1 atom stereocenters. The predicted molar refractivity (Wildman–Crippen MR) is 88.9 cm³/mol. The van der Waals surface area contributed by atoms with Crippen molar-refractivity contribution in [3.8, 4) is 5.75 Å². The molecule has 0 aromatic heterocycles. The maximum absolute atomic E-state index is 12.2. The molecule has 0 saturated carbocycles. The highest BCUT2D eigenvalue weighted by molar-refractivity contribution is 7.89. The summed E-state index contributed by atoms with van der Waals surface area (Å²) in [4.78, 5) is 12.2. The molecule has 1 saturated heterocycles. The number of para-hydroxylation sites is 1. The number of carbonyl (C=O) groups excluding carboxylic acids is 1. The molecule has 7 heteroatoms. The number of ether oxygens (including phenoxy) is 1. The van der Waals surface area contributed by atoms with Crippen molar-refractivity contribution >= 4 is 15.9 Å². The van der Waals surface area contributed by atoms with Gasteiger partial charge >= 0.3 is 0 Å². The molecule has 1 N–H and O–H groups in total. The van der Waals surface area contributed by atoms with Gasteiger partial charge in [0.25, 0.3) is 5.91 Å². The van der Waals surface area contributed by atoms with Gasteiger partial charge in [-0.2, -0.15) is 0 Å². The Labute approximate surface area is 137 Å². The van der Waals surface area contributed by atoms with Crippen LogP contribution in [0.3, 0.4) is 0 Å². The zero-order valence-electron chi connectivity index (χ0n) is 13.6. The Balaban J connectivity index is 1.84. The molecule has 1 aromatic carbocycles. The van der Waals surface area contributed by atoms with Gasteiger partial charge in [-0.15, -0.1) is 0 Å². The molecule has 0 bridgehead atoms. The second kappa shape index (κ2) is 7.79. The van der Waals surface area contributed by atoms with E-state index in [0.717, 1.165) is 5.56 Å². The van der Waals surface area contributed by atoms with Crippen molar-refractivity contribution < 1.29 is 17.9 Å². The molecule has 2 rings (SSSR count). The van der Waals surface area contributed by atoms with E-state index in [9.17, 15) is 13.2 Å². The Hall–Kier alpha value is -1.60. The van der Waals surface area contributed by atoms with E-state index < -0.39 is 16.1 Å². The minimum Gasteiger partial charge on any atom is -0.480 e. The topological polar surface area (TPSA) is 75.7 Å². The molecule has 1 aromatic rings. The van der Waals surface area contributed by atoms with E-state index in [0.29, 0.717) is 38.2 Å². The number of sulfonamides is 1. The lowest BCUT2D eigenvalue weighted by atomic mass is 10.2. The number of hydrogen-bond donors (Lipinski definition) is 1. The maximum atomic E-state index is 12.2. The summed E-state index contributed by atoms with van der Waals surface area (Å²) < 4.78 is 30.6. The van der Waals surface area contributed by atoms with Crippen LogP contribution in [0.4, 0.5) is 0 Å². The molecule has 23 heavy (non-hydrogen) atoms. The van der Waals surface area contributed by atoms with Crippen molar-refractivity contribution in [3.63, 3.8) is 0 Å². The summed E-state index contributed by atoms with van der Waals surface area (Å²) in [7, 11) is -3.11. The summed E-state index contributed by atoms with van der Waals surface area (Å²) in [6.07, 6.45) is 0.623. The Bertz CT molecular complexity index is 645. The smallest absolute Gasteiger partial charge is 0.261 e. The van der Waals surface area contributed by atoms with Gasteiger partial charge in [-0.05, 0) is 31.4 Å². The van der Waals surface area contributed by atoms with Gasteiger partial charge in [-0.25, -0.2) is 12.7 Å². The third-order valence-corrected chi connectivity index (χ3v) is 5.85. The number of carbonyl (C=O) groups is 1. The summed E-state index contributed by atoms with van der Waals surface area (Å²) >= 11 is 0. The summed E-state index contributed by atoms with van der Waals surface area (Å²) in [5, 5.41) is 2.77. The van der Waals surface area contributed by atoms with E-state index in [-0.39, 0.29) is 11.7 Å². The number of benzene rings is 1. The molecule has 1 amide bonds. The van der Waals surface area contributed by atoms with E-state index >= 15 is 0 Å². The molecule has 0 spiro atoms. The number of amides is 1. The third-order valence-electron chi connectivity index (χ3n) is 3.89.